The smallest absolute Gasteiger partial charge is 0.0511 e. The van der Waals surface area contributed by atoms with Gasteiger partial charge in [-0.05, 0) is 24.5 Å². The van der Waals surface area contributed by atoms with E-state index in [1.165, 1.54) is 4.90 Å². The fourth-order valence-electron chi connectivity index (χ4n) is 0.684. The van der Waals surface area contributed by atoms with Crippen LogP contribution >= 0.6 is 11.8 Å². The van der Waals surface area contributed by atoms with Crippen molar-refractivity contribution in [2.24, 2.45) is 0 Å². The molecule has 0 aromatic carbocycles. The van der Waals surface area contributed by atoms with E-state index in [9.17, 15) is 0 Å². The largest absolute Gasteiger partial charge is 0.260 e. The molecule has 0 atom stereocenters. The molecule has 0 radical (unpaired) electrons. The van der Waals surface area contributed by atoms with Gasteiger partial charge >= 0.3 is 0 Å². The predicted molar refractivity (Wildman–Crippen MR) is 45.0 cm³/mol. The molecule has 0 aliphatic rings. The van der Waals surface area contributed by atoms with Gasteiger partial charge in [0.2, 0.25) is 0 Å². The molecule has 1 nitrogen and oxygen atoms in total. The van der Waals surface area contributed by atoms with E-state index < -0.39 is 0 Å². The first kappa shape index (κ1) is 7.35. The van der Waals surface area contributed by atoms with E-state index in [2.05, 4.69) is 11.6 Å². The highest BCUT2D eigenvalue weighted by Gasteiger charge is 1.93. The number of hydrogen-bond acceptors (Lipinski definition) is 2. The average molecular weight is 151 g/mol. The molecule has 1 aromatic rings. The Labute approximate surface area is 65.2 Å². The Hall–Kier alpha value is -0.760. The minimum atomic E-state index is 1.06. The molecule has 0 unspecified atom stereocenters. The highest BCUT2D eigenvalue weighted by Crippen LogP contribution is 2.19. The van der Waals surface area contributed by atoms with Crippen LogP contribution < -0.4 is 0 Å². The predicted octanol–water partition coefficient (Wildman–Crippen LogP) is 2.63. The Morgan fingerprint density at radius 2 is 2.50 bits per heavy atom. The van der Waals surface area contributed by atoms with Crippen LogP contribution in [0.25, 0.3) is 0 Å². The number of pyridine rings is 1. The van der Waals surface area contributed by atoms with E-state index in [1.54, 1.807) is 18.0 Å². The molecule has 0 spiro atoms. The number of aromatic nitrogens is 1. The summed E-state index contributed by atoms with van der Waals surface area (Å²) in [5.41, 5.74) is 1.06. The minimum absolute atomic E-state index is 1.06. The van der Waals surface area contributed by atoms with E-state index in [0.717, 1.165) is 5.69 Å². The van der Waals surface area contributed by atoms with Crippen molar-refractivity contribution < 1.29 is 0 Å². The van der Waals surface area contributed by atoms with Crippen LogP contribution in [0.5, 0.6) is 0 Å². The van der Waals surface area contributed by atoms with E-state index in [-0.39, 0.29) is 0 Å². The fraction of sp³-hybridized carbons (Fsp3) is 0.125. The van der Waals surface area contributed by atoms with Gasteiger partial charge in [-0.25, -0.2) is 0 Å². The molecule has 0 bridgehead atoms. The van der Waals surface area contributed by atoms with Crippen molar-refractivity contribution in [2.45, 2.75) is 11.8 Å². The number of hydrogen-bond donors (Lipinski definition) is 0. The lowest BCUT2D eigenvalue weighted by Gasteiger charge is -1.97. The quantitative estimate of drug-likeness (QED) is 0.603. The SMILES string of the molecule is C=CSc1cccnc1C. The van der Waals surface area contributed by atoms with Crippen molar-refractivity contribution >= 4 is 11.8 Å². The third kappa shape index (κ3) is 1.61. The van der Waals surface area contributed by atoms with Crippen LogP contribution in [0.1, 0.15) is 5.69 Å². The maximum atomic E-state index is 4.13. The van der Waals surface area contributed by atoms with Gasteiger partial charge in [0.25, 0.3) is 0 Å². The summed E-state index contributed by atoms with van der Waals surface area (Å²) in [6, 6.07) is 3.97. The number of aryl methyl sites for hydroxylation is 1. The first-order valence-corrected chi connectivity index (χ1v) is 3.91. The summed E-state index contributed by atoms with van der Waals surface area (Å²) < 4.78 is 0. The Balaban J connectivity index is 2.91. The molecule has 0 saturated heterocycles. The molecule has 0 N–H and O–H groups in total. The summed E-state index contributed by atoms with van der Waals surface area (Å²) in [7, 11) is 0. The van der Waals surface area contributed by atoms with Crippen LogP contribution in [0.2, 0.25) is 0 Å². The van der Waals surface area contributed by atoms with Crippen molar-refractivity contribution in [1.82, 2.24) is 4.98 Å². The van der Waals surface area contributed by atoms with Crippen molar-refractivity contribution in [3.05, 3.63) is 36.0 Å². The number of thioether (sulfide) groups is 1. The first-order valence-electron chi connectivity index (χ1n) is 3.04. The Kier molecular flexibility index (Phi) is 2.51. The van der Waals surface area contributed by atoms with Crippen LogP contribution in [-0.4, -0.2) is 4.98 Å². The average Bonchev–Trinajstić information content (AvgIpc) is 1.94. The molecular formula is C8H9NS. The van der Waals surface area contributed by atoms with Crippen molar-refractivity contribution in [1.29, 1.82) is 0 Å². The molecule has 0 saturated carbocycles. The van der Waals surface area contributed by atoms with Crippen molar-refractivity contribution in [3.63, 3.8) is 0 Å². The van der Waals surface area contributed by atoms with Gasteiger partial charge in [-0.15, -0.1) is 0 Å². The maximum Gasteiger partial charge on any atom is 0.0511 e. The molecule has 10 heavy (non-hydrogen) atoms. The van der Waals surface area contributed by atoms with Crippen LogP contribution in [0, 0.1) is 6.92 Å². The van der Waals surface area contributed by atoms with Gasteiger partial charge in [-0.1, -0.05) is 18.3 Å². The van der Waals surface area contributed by atoms with Crippen molar-refractivity contribution in [3.8, 4) is 0 Å². The molecule has 0 fully saturated rings. The zero-order valence-corrected chi connectivity index (χ0v) is 6.69. The van der Waals surface area contributed by atoms with Crippen molar-refractivity contribution in [2.75, 3.05) is 0 Å². The summed E-state index contributed by atoms with van der Waals surface area (Å²) >= 11 is 1.60. The molecule has 2 heteroatoms. The third-order valence-corrected chi connectivity index (χ3v) is 2.02. The van der Waals surface area contributed by atoms with E-state index in [1.807, 2.05) is 24.5 Å². The van der Waals surface area contributed by atoms with Gasteiger partial charge in [-0.2, -0.15) is 0 Å². The normalized spacial score (nSPS) is 9.30. The fourth-order valence-corrected chi connectivity index (χ4v) is 1.24. The number of nitrogens with zero attached hydrogens (tertiary/aromatic N) is 1. The molecule has 1 aromatic heterocycles. The van der Waals surface area contributed by atoms with Gasteiger partial charge in [0.15, 0.2) is 0 Å². The second-order valence-corrected chi connectivity index (χ2v) is 2.88. The summed E-state index contributed by atoms with van der Waals surface area (Å²) in [6.07, 6.45) is 1.79. The lowest BCUT2D eigenvalue weighted by atomic mass is 10.4. The molecule has 0 aliphatic heterocycles. The lowest BCUT2D eigenvalue weighted by molar-refractivity contribution is 1.12. The van der Waals surface area contributed by atoms with Gasteiger partial charge in [0.1, 0.15) is 0 Å². The van der Waals surface area contributed by atoms with E-state index >= 15 is 0 Å². The van der Waals surface area contributed by atoms with Gasteiger partial charge < -0.3 is 0 Å². The maximum absolute atomic E-state index is 4.13. The lowest BCUT2D eigenvalue weighted by Crippen LogP contribution is -1.80. The Bertz CT molecular complexity index is 232. The Morgan fingerprint density at radius 3 is 3.10 bits per heavy atom. The van der Waals surface area contributed by atoms with Gasteiger partial charge in [0, 0.05) is 11.1 Å². The zero-order chi connectivity index (χ0) is 7.40. The summed E-state index contributed by atoms with van der Waals surface area (Å²) in [5.74, 6) is 0. The second kappa shape index (κ2) is 3.42. The summed E-state index contributed by atoms with van der Waals surface area (Å²) in [6.45, 7) is 5.62. The van der Waals surface area contributed by atoms with Crippen LogP contribution in [-0.2, 0) is 0 Å². The topological polar surface area (TPSA) is 12.9 Å². The van der Waals surface area contributed by atoms with Crippen LogP contribution in [0.4, 0.5) is 0 Å². The third-order valence-electron chi connectivity index (χ3n) is 1.17. The highest BCUT2D eigenvalue weighted by atomic mass is 32.2. The molecule has 1 heterocycles. The molecule has 1 rings (SSSR count). The Morgan fingerprint density at radius 1 is 1.70 bits per heavy atom. The molecule has 52 valence electrons. The van der Waals surface area contributed by atoms with E-state index in [0.29, 0.717) is 0 Å². The summed E-state index contributed by atoms with van der Waals surface area (Å²) in [4.78, 5) is 5.31. The van der Waals surface area contributed by atoms with Gasteiger partial charge in [0.05, 0.1) is 5.69 Å². The van der Waals surface area contributed by atoms with Gasteiger partial charge in [-0.3, -0.25) is 4.98 Å². The second-order valence-electron chi connectivity index (χ2n) is 1.87. The molecule has 0 amide bonds. The highest BCUT2D eigenvalue weighted by molar-refractivity contribution is 8.02. The monoisotopic (exact) mass is 151 g/mol. The summed E-state index contributed by atoms with van der Waals surface area (Å²) in [5, 5.41) is 1.81. The standard InChI is InChI=1S/C8H9NS/c1-3-10-8-5-4-6-9-7(8)2/h3-6H,1H2,2H3. The molecule has 0 aliphatic carbocycles. The van der Waals surface area contributed by atoms with Crippen LogP contribution in [0.3, 0.4) is 0 Å². The van der Waals surface area contributed by atoms with E-state index in [4.69, 9.17) is 0 Å². The minimum Gasteiger partial charge on any atom is -0.260 e. The first-order chi connectivity index (χ1) is 4.84. The van der Waals surface area contributed by atoms with Crippen LogP contribution in [0.15, 0.2) is 35.2 Å². The number of rotatable bonds is 2. The zero-order valence-electron chi connectivity index (χ0n) is 5.87. The molecular weight excluding hydrogens is 142 g/mol.